The molecule has 0 saturated carbocycles. The van der Waals surface area contributed by atoms with Crippen LogP contribution in [0.2, 0.25) is 0 Å². The van der Waals surface area contributed by atoms with Crippen molar-refractivity contribution in [2.75, 3.05) is 7.05 Å². The fourth-order valence-electron chi connectivity index (χ4n) is 5.54. The number of hydrogen-bond acceptors (Lipinski definition) is 5. The quantitative estimate of drug-likeness (QED) is 0.117. The van der Waals surface area contributed by atoms with Gasteiger partial charge >= 0.3 is 0 Å². The van der Waals surface area contributed by atoms with Gasteiger partial charge in [0.1, 0.15) is 30.3 Å². The monoisotopic (exact) mass is 704 g/mol. The minimum Gasteiger partial charge on any atom is -0.489 e. The van der Waals surface area contributed by atoms with Gasteiger partial charge < -0.3 is 25.6 Å². The molecule has 0 saturated heterocycles. The molecule has 52 heavy (non-hydrogen) atoms. The van der Waals surface area contributed by atoms with Crippen molar-refractivity contribution in [1.82, 2.24) is 15.3 Å². The van der Waals surface area contributed by atoms with Gasteiger partial charge in [0.15, 0.2) is 0 Å². The maximum atomic E-state index is 13.5. The largest absolute Gasteiger partial charge is 0.489 e. The van der Waals surface area contributed by atoms with Crippen LogP contribution in [-0.4, -0.2) is 29.2 Å². The summed E-state index contributed by atoms with van der Waals surface area (Å²) < 4.78 is 33.0. The minimum absolute atomic E-state index is 0.278. The summed E-state index contributed by atoms with van der Waals surface area (Å²) in [6.45, 7) is 9.07. The first-order valence-corrected chi connectivity index (χ1v) is 17.2. The Balaban J connectivity index is 0.000000216. The third-order valence-electron chi connectivity index (χ3n) is 7.94. The summed E-state index contributed by atoms with van der Waals surface area (Å²) in [4.78, 5) is 29.9. The number of primary amides is 1. The van der Waals surface area contributed by atoms with Gasteiger partial charge in [0.25, 0.3) is 0 Å². The minimum atomic E-state index is -0.616. The lowest BCUT2D eigenvalue weighted by Gasteiger charge is -2.19. The number of nitrogens with zero attached hydrogens (tertiary/aromatic N) is 1. The van der Waals surface area contributed by atoms with Crippen LogP contribution in [0.4, 0.5) is 8.78 Å². The number of H-pyrrole nitrogens is 1. The lowest BCUT2D eigenvalue weighted by molar-refractivity contribution is -0.107. The van der Waals surface area contributed by atoms with Gasteiger partial charge in [-0.1, -0.05) is 69.3 Å². The number of aryl methyl sites for hydroxylation is 1. The van der Waals surface area contributed by atoms with Gasteiger partial charge in [0.05, 0.1) is 11.7 Å². The van der Waals surface area contributed by atoms with Crippen molar-refractivity contribution in [1.29, 1.82) is 0 Å². The zero-order valence-electron chi connectivity index (χ0n) is 30.3. The van der Waals surface area contributed by atoms with Crippen molar-refractivity contribution < 1.29 is 23.1 Å². The SMILES string of the molecule is CC(C)C.CNC(Cc1cc(F)cc(F)c1)c1ncccc1-c1cccc(C(N)=O)c1.Cc1cc2[nH]cc(CC=O)c2cc1OCc1ccccc1. The zero-order valence-corrected chi connectivity index (χ0v) is 30.3. The van der Waals surface area contributed by atoms with Crippen LogP contribution in [-0.2, 0) is 24.2 Å². The number of carbonyl (C=O) groups is 2. The molecule has 9 heteroatoms. The molecule has 270 valence electrons. The molecule has 6 rings (SSSR count). The number of hydrogen-bond donors (Lipinski definition) is 3. The predicted octanol–water partition coefficient (Wildman–Crippen LogP) is 9.09. The van der Waals surface area contributed by atoms with Crippen LogP contribution < -0.4 is 15.8 Å². The van der Waals surface area contributed by atoms with Crippen LogP contribution in [0.5, 0.6) is 5.75 Å². The normalized spacial score (nSPS) is 11.2. The van der Waals surface area contributed by atoms with Crippen molar-refractivity contribution in [3.05, 3.63) is 155 Å². The summed E-state index contributed by atoms with van der Waals surface area (Å²) in [6.07, 6.45) is 5.24. The average molecular weight is 705 g/mol. The lowest BCUT2D eigenvalue weighted by atomic mass is 9.94. The van der Waals surface area contributed by atoms with Gasteiger partial charge in [-0.2, -0.15) is 0 Å². The molecule has 0 fully saturated rings. The number of ether oxygens (including phenoxy) is 1. The summed E-state index contributed by atoms with van der Waals surface area (Å²) in [5, 5.41) is 4.21. The van der Waals surface area contributed by atoms with E-state index in [0.717, 1.165) is 62.7 Å². The van der Waals surface area contributed by atoms with E-state index < -0.39 is 17.5 Å². The number of carbonyl (C=O) groups excluding carboxylic acids is 2. The number of pyridine rings is 1. The lowest BCUT2D eigenvalue weighted by Crippen LogP contribution is -2.21. The number of halogens is 2. The zero-order chi connectivity index (χ0) is 37.6. The third-order valence-corrected chi connectivity index (χ3v) is 7.94. The highest BCUT2D eigenvalue weighted by Crippen LogP contribution is 2.30. The van der Waals surface area contributed by atoms with E-state index in [1.165, 1.54) is 12.1 Å². The molecule has 2 aromatic heterocycles. The molecule has 0 bridgehead atoms. The molecule has 1 atom stereocenters. The average Bonchev–Trinajstić information content (AvgIpc) is 3.50. The van der Waals surface area contributed by atoms with Crippen molar-refractivity contribution in [3.8, 4) is 16.9 Å². The van der Waals surface area contributed by atoms with Gasteiger partial charge in [0.2, 0.25) is 5.91 Å². The number of nitrogens with two attached hydrogens (primary N) is 1. The molecule has 0 aliphatic heterocycles. The van der Waals surface area contributed by atoms with E-state index in [1.807, 2.05) is 61.7 Å². The first-order valence-electron chi connectivity index (χ1n) is 17.2. The summed E-state index contributed by atoms with van der Waals surface area (Å²) in [5.74, 6) is -0.0497. The molecular weight excluding hydrogens is 658 g/mol. The van der Waals surface area contributed by atoms with Crippen molar-refractivity contribution in [2.24, 2.45) is 11.7 Å². The molecule has 4 N–H and O–H groups in total. The predicted molar refractivity (Wildman–Crippen MR) is 204 cm³/mol. The van der Waals surface area contributed by atoms with E-state index in [4.69, 9.17) is 10.5 Å². The van der Waals surface area contributed by atoms with E-state index in [-0.39, 0.29) is 6.04 Å². The number of likely N-dealkylation sites (N-methyl/N-ethyl adjacent to an activating group) is 1. The first-order chi connectivity index (χ1) is 25.0. The Morgan fingerprint density at radius 3 is 2.29 bits per heavy atom. The van der Waals surface area contributed by atoms with Crippen LogP contribution in [0.3, 0.4) is 0 Å². The van der Waals surface area contributed by atoms with Crippen LogP contribution >= 0.6 is 0 Å². The number of aldehydes is 1. The molecule has 0 aliphatic carbocycles. The summed E-state index contributed by atoms with van der Waals surface area (Å²) in [6, 6.07) is 28.0. The van der Waals surface area contributed by atoms with Crippen LogP contribution in [0, 0.1) is 24.5 Å². The van der Waals surface area contributed by atoms with Crippen molar-refractivity contribution >= 4 is 23.1 Å². The van der Waals surface area contributed by atoms with Crippen molar-refractivity contribution in [3.63, 3.8) is 0 Å². The Hall–Kier alpha value is -5.67. The van der Waals surface area contributed by atoms with Gasteiger partial charge in [-0.05, 0) is 96.6 Å². The highest BCUT2D eigenvalue weighted by Gasteiger charge is 2.18. The van der Waals surface area contributed by atoms with Gasteiger partial charge in [0, 0.05) is 46.9 Å². The molecule has 0 radical (unpaired) electrons. The van der Waals surface area contributed by atoms with Gasteiger partial charge in [-0.25, -0.2) is 8.78 Å². The molecule has 7 nitrogen and oxygen atoms in total. The van der Waals surface area contributed by atoms with Crippen molar-refractivity contribution in [2.45, 2.75) is 53.2 Å². The molecule has 2 heterocycles. The molecule has 1 unspecified atom stereocenters. The fraction of sp³-hybridized carbons (Fsp3) is 0.233. The number of benzene rings is 4. The fourth-order valence-corrected chi connectivity index (χ4v) is 5.54. The third kappa shape index (κ3) is 11.2. The standard InChI is InChI=1S/C21H19F2N3O.C18H17NO2.C4H10/c1-25-19(10-13-8-16(22)12-17(23)9-13)20-18(6-3-7-26-20)14-4-2-5-15(11-14)21(24)27;1-13-9-17-16(15(7-8-20)11-19-17)10-18(13)21-12-14-5-3-2-4-6-14;1-4(2)3/h2-9,11-12,19,25H,10H2,1H3,(H2,24,27);2-6,8-11,19H,7,12H2,1H3;4H,1-3H3. The Labute approximate surface area is 304 Å². The number of aromatic amines is 1. The van der Waals surface area contributed by atoms with Gasteiger partial charge in [-0.3, -0.25) is 9.78 Å². The molecule has 4 aromatic carbocycles. The number of aromatic nitrogens is 2. The van der Waals surface area contributed by atoms with Crippen LogP contribution in [0.25, 0.3) is 22.0 Å². The highest BCUT2D eigenvalue weighted by atomic mass is 19.1. The second-order valence-corrected chi connectivity index (χ2v) is 13.1. The van der Waals surface area contributed by atoms with E-state index >= 15 is 0 Å². The Kier molecular flexibility index (Phi) is 14.4. The van der Waals surface area contributed by atoms with E-state index in [0.29, 0.717) is 36.3 Å². The van der Waals surface area contributed by atoms with E-state index in [1.54, 1.807) is 37.5 Å². The Morgan fingerprint density at radius 1 is 0.923 bits per heavy atom. The number of fused-ring (bicyclic) bond motifs is 1. The second kappa shape index (κ2) is 19.1. The molecule has 6 aromatic rings. The molecule has 0 aliphatic rings. The van der Waals surface area contributed by atoms with Crippen LogP contribution in [0.1, 0.15) is 65.1 Å². The van der Waals surface area contributed by atoms with E-state index in [2.05, 4.69) is 42.1 Å². The maximum Gasteiger partial charge on any atom is 0.248 e. The number of nitrogens with one attached hydrogen (secondary N) is 2. The van der Waals surface area contributed by atoms with E-state index in [9.17, 15) is 18.4 Å². The Bertz CT molecular complexity index is 2060. The summed E-state index contributed by atoms with van der Waals surface area (Å²) >= 11 is 0. The second-order valence-electron chi connectivity index (χ2n) is 13.1. The topological polar surface area (TPSA) is 110 Å². The summed E-state index contributed by atoms with van der Waals surface area (Å²) in [5.41, 5.74) is 12.9. The summed E-state index contributed by atoms with van der Waals surface area (Å²) in [7, 11) is 1.76. The van der Waals surface area contributed by atoms with Crippen LogP contribution in [0.15, 0.2) is 109 Å². The molecule has 0 spiro atoms. The number of amides is 1. The molecule has 1 amide bonds. The van der Waals surface area contributed by atoms with Gasteiger partial charge in [-0.15, -0.1) is 0 Å². The Morgan fingerprint density at radius 2 is 1.63 bits per heavy atom. The highest BCUT2D eigenvalue weighted by molar-refractivity contribution is 5.94. The smallest absolute Gasteiger partial charge is 0.248 e. The maximum absolute atomic E-state index is 13.5. The first kappa shape index (κ1) is 39.1. The molecular formula is C43H46F2N4O3. The number of rotatable bonds is 11.